The molecule has 0 saturated heterocycles. The standard InChI is InChI=1S/C4H9O.Cr.3O/c1-4(2,3)5;;;;/h1-3H3;;;;/q-1;+1;;;-1. The van der Waals surface area contributed by atoms with Crippen molar-refractivity contribution in [3.05, 3.63) is 0 Å². The van der Waals surface area contributed by atoms with Crippen molar-refractivity contribution < 1.29 is 29.2 Å². The summed E-state index contributed by atoms with van der Waals surface area (Å²) in [6.45, 7) is 4.52. The van der Waals surface area contributed by atoms with Crippen LogP contribution in [0.5, 0.6) is 0 Å². The minimum atomic E-state index is -5.20. The van der Waals surface area contributed by atoms with E-state index in [1.807, 2.05) is 0 Å². The number of rotatable bonds is 1. The Bertz CT molecular complexity index is 173. The zero-order valence-corrected chi connectivity index (χ0v) is 6.82. The maximum absolute atomic E-state index is 9.94. The van der Waals surface area contributed by atoms with Crippen LogP contribution in [0.1, 0.15) is 20.8 Å². The Balaban J connectivity index is 4.07. The maximum atomic E-state index is 9.94. The van der Waals surface area contributed by atoms with Gasteiger partial charge in [-0.1, -0.05) is 0 Å². The molecule has 0 N–H and O–H groups in total. The molecule has 9 heavy (non-hydrogen) atoms. The molecule has 56 valence electrons. The van der Waals surface area contributed by atoms with Crippen molar-refractivity contribution in [1.29, 1.82) is 0 Å². The van der Waals surface area contributed by atoms with Gasteiger partial charge in [0.25, 0.3) is 0 Å². The van der Waals surface area contributed by atoms with Crippen molar-refractivity contribution in [2.24, 2.45) is 0 Å². The van der Waals surface area contributed by atoms with Crippen LogP contribution < -0.4 is 4.16 Å². The van der Waals surface area contributed by atoms with Crippen LogP contribution in [0.15, 0.2) is 0 Å². The average molecular weight is 173 g/mol. The third kappa shape index (κ3) is 8.05. The van der Waals surface area contributed by atoms with Crippen LogP contribution >= 0.6 is 0 Å². The summed E-state index contributed by atoms with van der Waals surface area (Å²) in [6, 6.07) is 0. The van der Waals surface area contributed by atoms with E-state index >= 15 is 0 Å². The fourth-order valence-electron chi connectivity index (χ4n) is 0.306. The fraction of sp³-hybridized carbons (Fsp3) is 1.00. The molecule has 0 amide bonds. The zero-order valence-electron chi connectivity index (χ0n) is 5.54. The molecule has 0 aliphatic carbocycles. The van der Waals surface area contributed by atoms with Crippen molar-refractivity contribution in [3.63, 3.8) is 0 Å². The first-order chi connectivity index (χ1) is 3.71. The summed E-state index contributed by atoms with van der Waals surface area (Å²) in [5, 5.41) is 0. The van der Waals surface area contributed by atoms with Gasteiger partial charge in [0.05, 0.1) is 0 Å². The summed E-state index contributed by atoms with van der Waals surface area (Å²) in [6.07, 6.45) is 0. The van der Waals surface area contributed by atoms with Gasteiger partial charge in [-0.15, -0.1) is 0 Å². The van der Waals surface area contributed by atoms with Gasteiger partial charge in [0.2, 0.25) is 0 Å². The van der Waals surface area contributed by atoms with E-state index in [4.69, 9.17) is 0 Å². The Morgan fingerprint density at radius 1 is 1.33 bits per heavy atom. The Hall–Kier alpha value is 0.0525. The second-order valence-corrected chi connectivity index (χ2v) is 4.14. The van der Waals surface area contributed by atoms with Gasteiger partial charge in [-0.05, 0) is 0 Å². The molecule has 0 heterocycles. The monoisotopic (exact) mass is 173 g/mol. The van der Waals surface area contributed by atoms with Crippen LogP contribution in [0, 0.1) is 0 Å². The first kappa shape index (κ1) is 9.05. The summed E-state index contributed by atoms with van der Waals surface area (Å²) in [4.78, 5) is 0. The normalized spacial score (nSPS) is 13.8. The topological polar surface area (TPSA) is 66.4 Å². The molecular weight excluding hydrogens is 164 g/mol. The SMILES string of the molecule is CC(C)(C)[O][Cr](=[O])(=[O])[O-]. The van der Waals surface area contributed by atoms with E-state index in [-0.39, 0.29) is 0 Å². The van der Waals surface area contributed by atoms with E-state index < -0.39 is 19.2 Å². The molecule has 0 aliphatic heterocycles. The molecule has 0 aromatic rings. The van der Waals surface area contributed by atoms with E-state index in [1.54, 1.807) is 0 Å². The summed E-state index contributed by atoms with van der Waals surface area (Å²) in [7, 11) is 0. The zero-order chi connectivity index (χ0) is 7.71. The van der Waals surface area contributed by atoms with Gasteiger partial charge >= 0.3 is 55.5 Å². The first-order valence-corrected chi connectivity index (χ1v) is 4.45. The van der Waals surface area contributed by atoms with Gasteiger partial charge < -0.3 is 0 Å². The third-order valence-electron chi connectivity index (χ3n) is 0.352. The van der Waals surface area contributed by atoms with E-state index in [0.717, 1.165) is 0 Å². The molecule has 0 bridgehead atoms. The van der Waals surface area contributed by atoms with Crippen molar-refractivity contribution in [2.45, 2.75) is 26.4 Å². The Morgan fingerprint density at radius 3 is 1.67 bits per heavy atom. The molecule has 0 radical (unpaired) electrons. The van der Waals surface area contributed by atoms with Crippen LogP contribution in [-0.4, -0.2) is 5.60 Å². The van der Waals surface area contributed by atoms with E-state index in [0.29, 0.717) is 0 Å². The molecule has 0 spiro atoms. The summed E-state index contributed by atoms with van der Waals surface area (Å²) < 4.78 is 33.9. The molecule has 5 heteroatoms. The van der Waals surface area contributed by atoms with E-state index in [2.05, 4.69) is 3.79 Å². The fourth-order valence-corrected chi connectivity index (χ4v) is 1.26. The predicted octanol–water partition coefficient (Wildman–Crippen LogP) is -0.163. The van der Waals surface area contributed by atoms with Crippen molar-refractivity contribution in [3.8, 4) is 0 Å². The van der Waals surface area contributed by atoms with Gasteiger partial charge in [0.1, 0.15) is 0 Å². The van der Waals surface area contributed by atoms with Gasteiger partial charge in [-0.25, -0.2) is 0 Å². The van der Waals surface area contributed by atoms with Gasteiger partial charge in [-0.2, -0.15) is 0 Å². The Morgan fingerprint density at radius 2 is 1.67 bits per heavy atom. The van der Waals surface area contributed by atoms with Crippen molar-refractivity contribution in [1.82, 2.24) is 0 Å². The predicted molar refractivity (Wildman–Crippen MR) is 22.2 cm³/mol. The van der Waals surface area contributed by atoms with Crippen LogP contribution in [0.2, 0.25) is 0 Å². The molecule has 0 rings (SSSR count). The second-order valence-electron chi connectivity index (χ2n) is 2.60. The summed E-state index contributed by atoms with van der Waals surface area (Å²) in [5.41, 5.74) is -0.884. The second kappa shape index (κ2) is 2.35. The Labute approximate surface area is 56.2 Å². The third-order valence-corrected chi connectivity index (χ3v) is 1.45. The van der Waals surface area contributed by atoms with Crippen LogP contribution in [0.25, 0.3) is 0 Å². The van der Waals surface area contributed by atoms with Gasteiger partial charge in [0.15, 0.2) is 0 Å². The van der Waals surface area contributed by atoms with E-state index in [9.17, 15) is 11.8 Å². The molecule has 0 atom stereocenters. The van der Waals surface area contributed by atoms with Gasteiger partial charge in [0, 0.05) is 0 Å². The van der Waals surface area contributed by atoms with Gasteiger partial charge in [-0.3, -0.25) is 0 Å². The molecule has 0 fully saturated rings. The molecule has 0 aliphatic rings. The number of hydrogen-bond acceptors (Lipinski definition) is 4. The molecule has 0 aromatic carbocycles. The quantitative estimate of drug-likeness (QED) is 0.552. The Kier molecular flexibility index (Phi) is 2.36. The van der Waals surface area contributed by atoms with Crippen LogP contribution in [0.4, 0.5) is 0 Å². The molecular formula is C4H9CrO4-. The van der Waals surface area contributed by atoms with Crippen LogP contribution in [0.3, 0.4) is 0 Å². The van der Waals surface area contributed by atoms with Crippen molar-refractivity contribution in [2.75, 3.05) is 0 Å². The van der Waals surface area contributed by atoms with E-state index in [1.165, 1.54) is 20.8 Å². The minimum absolute atomic E-state index is 0.884. The molecule has 0 saturated carbocycles. The molecule has 4 nitrogen and oxygen atoms in total. The molecule has 0 aromatic heterocycles. The average Bonchev–Trinajstić information content (AvgIpc) is 1.14. The molecule has 0 unspecified atom stereocenters. The summed E-state index contributed by atoms with van der Waals surface area (Å²) in [5.74, 6) is 0. The summed E-state index contributed by atoms with van der Waals surface area (Å²) >= 11 is -5.20. The number of hydrogen-bond donors (Lipinski definition) is 0. The van der Waals surface area contributed by atoms with Crippen molar-refractivity contribution >= 4 is 0 Å². The van der Waals surface area contributed by atoms with Crippen LogP contribution in [-0.2, 0) is 25.0 Å². The first-order valence-electron chi connectivity index (χ1n) is 2.37.